The van der Waals surface area contributed by atoms with Gasteiger partial charge in [0.25, 0.3) is 0 Å². The van der Waals surface area contributed by atoms with Gasteiger partial charge in [0.05, 0.1) is 0 Å². The van der Waals surface area contributed by atoms with E-state index in [-0.39, 0.29) is 6.42 Å². The first-order valence-electron chi connectivity index (χ1n) is 6.74. The molecule has 0 aliphatic heterocycles. The Morgan fingerprint density at radius 2 is 1.52 bits per heavy atom. The first-order chi connectivity index (χ1) is 10.2. The van der Waals surface area contributed by atoms with Crippen LogP contribution in [0.15, 0.2) is 48.5 Å². The first kappa shape index (κ1) is 15.4. The Bertz CT molecular complexity index is 576. The largest absolute Gasteiger partial charge is 0.489 e. The van der Waals surface area contributed by atoms with E-state index in [9.17, 15) is 4.79 Å². The number of carbonyl (C=O) groups is 1. The molecule has 21 heavy (non-hydrogen) atoms. The lowest BCUT2D eigenvalue weighted by Crippen LogP contribution is -1.98. The van der Waals surface area contributed by atoms with Gasteiger partial charge in [-0.05, 0) is 35.2 Å². The number of rotatable bonds is 7. The van der Waals surface area contributed by atoms with E-state index in [1.807, 2.05) is 48.5 Å². The van der Waals surface area contributed by atoms with E-state index >= 15 is 0 Å². The molecule has 3 nitrogen and oxygen atoms in total. The Labute approximate surface area is 129 Å². The molecule has 0 bridgehead atoms. The van der Waals surface area contributed by atoms with E-state index in [0.29, 0.717) is 18.9 Å². The van der Waals surface area contributed by atoms with E-state index in [1.54, 1.807) is 0 Å². The van der Waals surface area contributed by atoms with Crippen LogP contribution in [0.4, 0.5) is 0 Å². The third kappa shape index (κ3) is 5.12. The Morgan fingerprint density at radius 3 is 2.10 bits per heavy atom. The van der Waals surface area contributed by atoms with Gasteiger partial charge in [-0.2, -0.15) is 0 Å². The fraction of sp³-hybridized carbons (Fsp3) is 0.235. The van der Waals surface area contributed by atoms with Crippen LogP contribution >= 0.6 is 11.6 Å². The molecule has 1 N–H and O–H groups in total. The summed E-state index contributed by atoms with van der Waals surface area (Å²) in [6.45, 7) is 0.497. The third-order valence-corrected chi connectivity index (χ3v) is 3.44. The lowest BCUT2D eigenvalue weighted by molar-refractivity contribution is -0.136. The average Bonchev–Trinajstić information content (AvgIpc) is 2.52. The fourth-order valence-electron chi connectivity index (χ4n) is 1.89. The van der Waals surface area contributed by atoms with Crippen LogP contribution in [0.3, 0.4) is 0 Å². The summed E-state index contributed by atoms with van der Waals surface area (Å²) in [5.41, 5.74) is 3.17. The maximum Gasteiger partial charge on any atom is 0.303 e. The molecule has 0 aromatic heterocycles. The predicted octanol–water partition coefficient (Wildman–Crippen LogP) is 4.02. The zero-order valence-electron chi connectivity index (χ0n) is 11.6. The van der Waals surface area contributed by atoms with Crippen LogP contribution in [0.2, 0.25) is 0 Å². The van der Waals surface area contributed by atoms with Gasteiger partial charge in [0.1, 0.15) is 12.4 Å². The maximum atomic E-state index is 10.5. The van der Waals surface area contributed by atoms with Crippen molar-refractivity contribution in [3.05, 3.63) is 65.2 Å². The molecule has 110 valence electrons. The molecule has 2 aromatic rings. The minimum absolute atomic E-state index is 0.146. The van der Waals surface area contributed by atoms with Crippen molar-refractivity contribution in [2.45, 2.75) is 25.3 Å². The number of carboxylic acid groups (broad SMARTS) is 1. The summed E-state index contributed by atoms with van der Waals surface area (Å²) in [7, 11) is 0. The molecule has 4 heteroatoms. The predicted molar refractivity (Wildman–Crippen MR) is 82.7 cm³/mol. The molecule has 0 radical (unpaired) electrons. The van der Waals surface area contributed by atoms with Crippen LogP contribution in [-0.2, 0) is 23.7 Å². The quantitative estimate of drug-likeness (QED) is 0.786. The van der Waals surface area contributed by atoms with Gasteiger partial charge in [-0.3, -0.25) is 4.79 Å². The van der Waals surface area contributed by atoms with Crippen LogP contribution in [0.1, 0.15) is 23.1 Å². The lowest BCUT2D eigenvalue weighted by atomic mass is 10.1. The Morgan fingerprint density at radius 1 is 0.952 bits per heavy atom. The molecule has 2 rings (SSSR count). The number of benzene rings is 2. The molecule has 0 amide bonds. The molecule has 0 aliphatic rings. The Hall–Kier alpha value is -2.00. The van der Waals surface area contributed by atoms with Crippen LogP contribution in [0.25, 0.3) is 0 Å². The molecule has 0 heterocycles. The van der Waals surface area contributed by atoms with E-state index in [4.69, 9.17) is 21.4 Å². The van der Waals surface area contributed by atoms with Crippen molar-refractivity contribution in [1.82, 2.24) is 0 Å². The number of hydrogen-bond donors (Lipinski definition) is 1. The second-order valence-electron chi connectivity index (χ2n) is 4.78. The molecule has 0 saturated heterocycles. The van der Waals surface area contributed by atoms with Gasteiger partial charge < -0.3 is 9.84 Å². The zero-order valence-corrected chi connectivity index (χ0v) is 12.3. The average molecular weight is 305 g/mol. The lowest BCUT2D eigenvalue weighted by Gasteiger charge is -2.07. The molecule has 0 spiro atoms. The van der Waals surface area contributed by atoms with Crippen LogP contribution < -0.4 is 4.74 Å². The zero-order chi connectivity index (χ0) is 15.1. The highest BCUT2D eigenvalue weighted by Gasteiger charge is 2.01. The number of carboxylic acids is 1. The van der Waals surface area contributed by atoms with Gasteiger partial charge in [-0.25, -0.2) is 0 Å². The summed E-state index contributed by atoms with van der Waals surface area (Å²) >= 11 is 5.74. The highest BCUT2D eigenvalue weighted by atomic mass is 35.5. The molecular formula is C17H17ClO3. The van der Waals surface area contributed by atoms with Crippen LogP contribution in [0.5, 0.6) is 5.75 Å². The maximum absolute atomic E-state index is 10.5. The molecule has 0 unspecified atom stereocenters. The highest BCUT2D eigenvalue weighted by molar-refractivity contribution is 6.17. The highest BCUT2D eigenvalue weighted by Crippen LogP contribution is 2.16. The van der Waals surface area contributed by atoms with Gasteiger partial charge in [0.2, 0.25) is 0 Å². The monoisotopic (exact) mass is 304 g/mol. The summed E-state index contributed by atoms with van der Waals surface area (Å²) in [6.07, 6.45) is 0.683. The topological polar surface area (TPSA) is 46.5 Å². The number of halogens is 1. The van der Waals surface area contributed by atoms with E-state index in [1.165, 1.54) is 0 Å². The van der Waals surface area contributed by atoms with E-state index < -0.39 is 5.97 Å². The minimum Gasteiger partial charge on any atom is -0.489 e. The van der Waals surface area contributed by atoms with Crippen molar-refractivity contribution in [3.8, 4) is 5.75 Å². The minimum atomic E-state index is -0.782. The van der Waals surface area contributed by atoms with Crippen LogP contribution in [-0.4, -0.2) is 11.1 Å². The molecule has 0 saturated carbocycles. The van der Waals surface area contributed by atoms with Crippen LogP contribution in [0, 0.1) is 0 Å². The van der Waals surface area contributed by atoms with Gasteiger partial charge in [-0.15, -0.1) is 11.6 Å². The number of aliphatic carboxylic acids is 1. The summed E-state index contributed by atoms with van der Waals surface area (Å²) in [4.78, 5) is 10.5. The van der Waals surface area contributed by atoms with Crippen molar-refractivity contribution in [1.29, 1.82) is 0 Å². The Kier molecular flexibility index (Phi) is 5.64. The third-order valence-electron chi connectivity index (χ3n) is 3.13. The molecular weight excluding hydrogens is 288 g/mol. The number of alkyl halides is 1. The van der Waals surface area contributed by atoms with Crippen molar-refractivity contribution < 1.29 is 14.6 Å². The van der Waals surface area contributed by atoms with Gasteiger partial charge in [-0.1, -0.05) is 36.4 Å². The second kappa shape index (κ2) is 7.70. The standard InChI is InChI=1S/C17H17ClO3/c18-11-14-1-3-15(4-2-14)12-21-16-8-5-13(6-9-16)7-10-17(19)20/h1-6,8-9H,7,10-12H2,(H,19,20). The summed E-state index contributed by atoms with van der Waals surface area (Å²) in [5.74, 6) is 0.505. The number of hydrogen-bond acceptors (Lipinski definition) is 2. The number of ether oxygens (including phenoxy) is 1. The molecule has 0 atom stereocenters. The molecule has 2 aromatic carbocycles. The molecule has 0 aliphatic carbocycles. The fourth-order valence-corrected chi connectivity index (χ4v) is 2.07. The van der Waals surface area contributed by atoms with E-state index in [2.05, 4.69) is 0 Å². The van der Waals surface area contributed by atoms with E-state index in [0.717, 1.165) is 22.4 Å². The van der Waals surface area contributed by atoms with Crippen molar-refractivity contribution in [2.24, 2.45) is 0 Å². The SMILES string of the molecule is O=C(O)CCc1ccc(OCc2ccc(CCl)cc2)cc1. The van der Waals surface area contributed by atoms with Gasteiger partial charge in [0.15, 0.2) is 0 Å². The first-order valence-corrected chi connectivity index (χ1v) is 7.28. The number of aryl methyl sites for hydroxylation is 1. The summed E-state index contributed by atoms with van der Waals surface area (Å²) < 4.78 is 5.70. The Balaban J connectivity index is 1.86. The van der Waals surface area contributed by atoms with Crippen molar-refractivity contribution in [3.63, 3.8) is 0 Å². The summed E-state index contributed by atoms with van der Waals surface area (Å²) in [6, 6.07) is 15.5. The van der Waals surface area contributed by atoms with Crippen molar-refractivity contribution >= 4 is 17.6 Å². The molecule has 0 fully saturated rings. The second-order valence-corrected chi connectivity index (χ2v) is 5.04. The summed E-state index contributed by atoms with van der Waals surface area (Å²) in [5, 5.41) is 8.64. The van der Waals surface area contributed by atoms with Gasteiger partial charge >= 0.3 is 5.97 Å². The smallest absolute Gasteiger partial charge is 0.303 e. The van der Waals surface area contributed by atoms with Crippen molar-refractivity contribution in [2.75, 3.05) is 0 Å². The normalized spacial score (nSPS) is 10.3. The van der Waals surface area contributed by atoms with Gasteiger partial charge in [0, 0.05) is 12.3 Å².